The number of aromatic amines is 1. The lowest BCUT2D eigenvalue weighted by molar-refractivity contribution is -0.115. The molecule has 27 heavy (non-hydrogen) atoms. The summed E-state index contributed by atoms with van der Waals surface area (Å²) >= 11 is 0. The average Bonchev–Trinajstić information content (AvgIpc) is 3.22. The van der Waals surface area contributed by atoms with E-state index in [0.717, 1.165) is 0 Å². The van der Waals surface area contributed by atoms with Crippen molar-refractivity contribution in [2.45, 2.75) is 13.0 Å². The molecule has 1 unspecified atom stereocenters. The summed E-state index contributed by atoms with van der Waals surface area (Å²) < 4.78 is 12.1. The number of ketones is 1. The van der Waals surface area contributed by atoms with Gasteiger partial charge in [0.1, 0.15) is 23.1 Å². The zero-order valence-corrected chi connectivity index (χ0v) is 14.2. The fourth-order valence-corrected chi connectivity index (χ4v) is 2.63. The van der Waals surface area contributed by atoms with Crippen molar-refractivity contribution in [2.24, 2.45) is 10.2 Å². The van der Waals surface area contributed by atoms with E-state index in [2.05, 4.69) is 30.5 Å². The van der Waals surface area contributed by atoms with Crippen LogP contribution in [0.2, 0.25) is 0 Å². The molecule has 0 spiro atoms. The molecule has 1 aliphatic rings. The van der Waals surface area contributed by atoms with Crippen molar-refractivity contribution in [1.82, 2.24) is 24.8 Å². The number of benzene rings is 1. The van der Waals surface area contributed by atoms with Crippen LogP contribution in [0.15, 0.2) is 45.0 Å². The third kappa shape index (κ3) is 2.81. The van der Waals surface area contributed by atoms with Crippen LogP contribution in [0.4, 0.5) is 11.7 Å². The van der Waals surface area contributed by atoms with Crippen molar-refractivity contribution in [3.8, 4) is 0 Å². The van der Waals surface area contributed by atoms with Crippen molar-refractivity contribution in [3.05, 3.63) is 41.9 Å². The fourth-order valence-electron chi connectivity index (χ4n) is 2.63. The van der Waals surface area contributed by atoms with Gasteiger partial charge in [-0.25, -0.2) is 0 Å². The summed E-state index contributed by atoms with van der Waals surface area (Å²) in [7, 11) is 0. The van der Waals surface area contributed by atoms with Gasteiger partial charge in [-0.3, -0.25) is 9.89 Å². The lowest BCUT2D eigenvalue weighted by atomic mass is 10.2. The minimum absolute atomic E-state index is 0.108. The molecule has 3 aromatic heterocycles. The number of epoxide rings is 1. The van der Waals surface area contributed by atoms with Crippen LogP contribution in [0.25, 0.3) is 22.8 Å². The largest absolute Gasteiger partial charge is 0.421 e. The molecule has 134 valence electrons. The van der Waals surface area contributed by atoms with Gasteiger partial charge in [-0.05, 0) is 31.2 Å². The van der Waals surface area contributed by atoms with Gasteiger partial charge in [0.15, 0.2) is 22.7 Å². The van der Waals surface area contributed by atoms with Crippen molar-refractivity contribution < 1.29 is 13.9 Å². The highest BCUT2D eigenvalue weighted by molar-refractivity contribution is 5.99. The Morgan fingerprint density at radius 3 is 3.04 bits per heavy atom. The highest BCUT2D eigenvalue weighted by Crippen LogP contribution is 2.29. The van der Waals surface area contributed by atoms with Gasteiger partial charge in [0.05, 0.1) is 6.61 Å². The van der Waals surface area contributed by atoms with Crippen LogP contribution in [-0.4, -0.2) is 43.3 Å². The summed E-state index contributed by atoms with van der Waals surface area (Å²) in [6.07, 6.45) is 2.67. The van der Waals surface area contributed by atoms with Gasteiger partial charge in [0.25, 0.3) is 0 Å². The molecule has 1 aliphatic heterocycles. The molecule has 0 amide bonds. The van der Waals surface area contributed by atoms with Gasteiger partial charge in [-0.1, -0.05) is 17.2 Å². The van der Waals surface area contributed by atoms with Gasteiger partial charge in [-0.15, -0.1) is 5.11 Å². The Morgan fingerprint density at radius 2 is 2.22 bits per heavy atom. The summed E-state index contributed by atoms with van der Waals surface area (Å²) in [6, 6.07) is 7.48. The monoisotopic (exact) mass is 363 g/mol. The Kier molecular flexibility index (Phi) is 3.44. The van der Waals surface area contributed by atoms with Gasteiger partial charge in [-0.2, -0.15) is 19.7 Å². The number of nitrogens with zero attached hydrogens (tertiary/aromatic N) is 6. The lowest BCUT2D eigenvalue weighted by Gasteiger charge is -1.89. The quantitative estimate of drug-likeness (QED) is 0.330. The van der Waals surface area contributed by atoms with Gasteiger partial charge < -0.3 is 9.15 Å². The van der Waals surface area contributed by atoms with Crippen LogP contribution in [0, 0.1) is 6.92 Å². The highest BCUT2D eigenvalue weighted by Gasteiger charge is 2.29. The van der Waals surface area contributed by atoms with Crippen molar-refractivity contribution >= 4 is 40.3 Å². The number of aromatic nitrogens is 5. The molecule has 1 fully saturated rings. The maximum atomic E-state index is 11.8. The number of oxazole rings is 1. The van der Waals surface area contributed by atoms with Crippen LogP contribution in [-0.2, 0) is 9.53 Å². The minimum atomic E-state index is -0.345. The summed E-state index contributed by atoms with van der Waals surface area (Å²) in [6.45, 7) is 2.26. The first-order chi connectivity index (χ1) is 13.2. The number of hydrogen-bond donors (Lipinski definition) is 1. The first kappa shape index (κ1) is 15.6. The molecule has 10 nitrogen and oxygen atoms in total. The van der Waals surface area contributed by atoms with Gasteiger partial charge in [0.2, 0.25) is 0 Å². The van der Waals surface area contributed by atoms with Gasteiger partial charge >= 0.3 is 6.01 Å². The predicted octanol–water partition coefficient (Wildman–Crippen LogP) is 2.90. The Balaban J connectivity index is 1.53. The first-order valence-corrected chi connectivity index (χ1v) is 8.23. The molecular formula is C17H13N7O3. The van der Waals surface area contributed by atoms with Crippen LogP contribution < -0.4 is 0 Å². The average molecular weight is 363 g/mol. The van der Waals surface area contributed by atoms with E-state index in [-0.39, 0.29) is 17.9 Å². The molecule has 0 radical (unpaired) electrons. The van der Waals surface area contributed by atoms with Crippen LogP contribution in [0.5, 0.6) is 0 Å². The summed E-state index contributed by atoms with van der Waals surface area (Å²) in [5.41, 5.74) is 2.78. The number of aryl methyl sites for hydroxylation is 1. The van der Waals surface area contributed by atoms with Crippen molar-refractivity contribution in [2.75, 3.05) is 6.61 Å². The number of ether oxygens (including phenoxy) is 1. The summed E-state index contributed by atoms with van der Waals surface area (Å²) in [5, 5.41) is 19.7. The molecule has 0 bridgehead atoms. The molecule has 1 saturated heterocycles. The van der Waals surface area contributed by atoms with Crippen LogP contribution in [0.3, 0.4) is 0 Å². The molecule has 10 heteroatoms. The number of carbonyl (C=O) groups excluding carboxylic acids is 1. The molecule has 5 rings (SSSR count). The van der Waals surface area contributed by atoms with E-state index >= 15 is 0 Å². The Morgan fingerprint density at radius 1 is 1.37 bits per heavy atom. The van der Waals surface area contributed by atoms with Crippen molar-refractivity contribution in [3.63, 3.8) is 0 Å². The zero-order chi connectivity index (χ0) is 18.4. The SMILES string of the molecule is Cc1n[nH]c2c(/N=N/c3nc4ccccc4o3)c(/C=C\C(=O)C3CO3)nn12. The van der Waals surface area contributed by atoms with E-state index in [1.165, 1.54) is 6.08 Å². The normalized spacial score (nSPS) is 17.0. The Labute approximate surface area is 151 Å². The van der Waals surface area contributed by atoms with Crippen LogP contribution >= 0.6 is 0 Å². The standard InChI is InChI=1S/C17H13N7O3/c1-9-19-21-16-15(11(23-24(9)16)6-7-12(25)14-8-26-14)20-22-17-18-10-4-2-3-5-13(10)27-17/h2-7,14,21H,8H2,1H3/b7-6-,22-20+. The fraction of sp³-hybridized carbons (Fsp3) is 0.176. The Hall–Kier alpha value is -3.66. The molecule has 1 aromatic carbocycles. The number of carbonyl (C=O) groups is 1. The third-order valence-corrected chi connectivity index (χ3v) is 4.09. The maximum absolute atomic E-state index is 11.8. The van der Waals surface area contributed by atoms with Gasteiger partial charge in [0, 0.05) is 0 Å². The summed E-state index contributed by atoms with van der Waals surface area (Å²) in [5.74, 6) is 0.545. The number of rotatable bonds is 5. The molecular weight excluding hydrogens is 350 g/mol. The van der Waals surface area contributed by atoms with Crippen LogP contribution in [0.1, 0.15) is 11.5 Å². The second kappa shape index (κ2) is 5.95. The molecule has 0 aliphatic carbocycles. The third-order valence-electron chi connectivity index (χ3n) is 4.09. The topological polar surface area (TPSA) is 126 Å². The number of H-pyrrole nitrogens is 1. The molecule has 1 atom stereocenters. The molecule has 4 heterocycles. The number of para-hydroxylation sites is 2. The number of hydrogen-bond acceptors (Lipinski definition) is 8. The summed E-state index contributed by atoms with van der Waals surface area (Å²) in [4.78, 5) is 16.1. The minimum Gasteiger partial charge on any atom is -0.421 e. The van der Waals surface area contributed by atoms with E-state index < -0.39 is 0 Å². The Bertz CT molecular complexity index is 1190. The maximum Gasteiger partial charge on any atom is 0.341 e. The van der Waals surface area contributed by atoms with E-state index in [1.54, 1.807) is 23.6 Å². The molecule has 0 saturated carbocycles. The van der Waals surface area contributed by atoms with E-state index in [9.17, 15) is 4.79 Å². The van der Waals surface area contributed by atoms with E-state index in [0.29, 0.717) is 40.6 Å². The number of nitrogens with one attached hydrogen (secondary N) is 1. The number of fused-ring (bicyclic) bond motifs is 2. The first-order valence-electron chi connectivity index (χ1n) is 8.23. The van der Waals surface area contributed by atoms with Crippen molar-refractivity contribution in [1.29, 1.82) is 0 Å². The predicted molar refractivity (Wildman–Crippen MR) is 94.0 cm³/mol. The molecule has 4 aromatic rings. The highest BCUT2D eigenvalue weighted by atomic mass is 16.6. The lowest BCUT2D eigenvalue weighted by Crippen LogP contribution is -2.01. The second-order valence-electron chi connectivity index (χ2n) is 5.99. The molecule has 1 N–H and O–H groups in total. The smallest absolute Gasteiger partial charge is 0.341 e. The number of azo groups is 1. The van der Waals surface area contributed by atoms with E-state index in [4.69, 9.17) is 9.15 Å². The zero-order valence-electron chi connectivity index (χ0n) is 14.2. The second-order valence-corrected chi connectivity index (χ2v) is 5.99. The van der Waals surface area contributed by atoms with E-state index in [1.807, 2.05) is 18.2 Å².